The van der Waals surface area contributed by atoms with E-state index in [-0.39, 0.29) is 29.8 Å². The molecule has 1 saturated heterocycles. The third-order valence-electron chi connectivity index (χ3n) is 6.63. The number of nitrogens with one attached hydrogen (secondary N) is 1. The number of nitrogens with zero attached hydrogens (tertiary/aromatic N) is 3. The van der Waals surface area contributed by atoms with E-state index < -0.39 is 9.84 Å². The Balaban J connectivity index is 1.40. The van der Waals surface area contributed by atoms with E-state index in [9.17, 15) is 13.2 Å². The number of rotatable bonds is 9. The van der Waals surface area contributed by atoms with E-state index >= 15 is 0 Å². The molecule has 10 heteroatoms. The SMILES string of the molecule is CS(=O)(=O)C[C@H]1CC[C@@H](C(=O)Cc2cc(-c3cncc(NCC4CCOCC4)n3)c(Cl)cn2)C1. The molecule has 0 bridgehead atoms. The molecule has 2 atom stereocenters. The molecular formula is C24H31ClN4O4S. The highest BCUT2D eigenvalue weighted by molar-refractivity contribution is 7.90. The average molecular weight is 507 g/mol. The monoisotopic (exact) mass is 506 g/mol. The van der Waals surface area contributed by atoms with Gasteiger partial charge in [0, 0.05) is 55.8 Å². The first-order valence-corrected chi connectivity index (χ1v) is 14.2. The van der Waals surface area contributed by atoms with E-state index in [1.807, 2.05) is 0 Å². The summed E-state index contributed by atoms with van der Waals surface area (Å²) >= 11 is 6.42. The van der Waals surface area contributed by atoms with Crippen molar-refractivity contribution in [3.05, 3.63) is 35.4 Å². The van der Waals surface area contributed by atoms with Crippen molar-refractivity contribution in [3.63, 3.8) is 0 Å². The van der Waals surface area contributed by atoms with Crippen molar-refractivity contribution >= 4 is 33.0 Å². The summed E-state index contributed by atoms with van der Waals surface area (Å²) in [6.45, 7) is 2.41. The maximum atomic E-state index is 12.9. The Kier molecular flexibility index (Phi) is 8.16. The van der Waals surface area contributed by atoms with Gasteiger partial charge in [0.15, 0.2) is 0 Å². The van der Waals surface area contributed by atoms with Crippen LogP contribution in [0.5, 0.6) is 0 Å². The van der Waals surface area contributed by atoms with Crippen molar-refractivity contribution < 1.29 is 17.9 Å². The molecular weight excluding hydrogens is 476 g/mol. The average Bonchev–Trinajstić information content (AvgIpc) is 3.27. The van der Waals surface area contributed by atoms with Gasteiger partial charge in [0.2, 0.25) is 0 Å². The summed E-state index contributed by atoms with van der Waals surface area (Å²) in [5.74, 6) is 1.41. The van der Waals surface area contributed by atoms with Gasteiger partial charge < -0.3 is 10.1 Å². The first-order chi connectivity index (χ1) is 16.3. The molecule has 0 spiro atoms. The Morgan fingerprint density at radius 2 is 1.94 bits per heavy atom. The van der Waals surface area contributed by atoms with Gasteiger partial charge in [-0.25, -0.2) is 13.4 Å². The molecule has 8 nitrogen and oxygen atoms in total. The standard InChI is InChI=1S/C24H31ClN4O4S/c1-34(31,32)15-17-2-3-18(8-17)23(30)10-19-9-20(21(25)12-27-19)22-13-26-14-24(29-22)28-11-16-4-6-33-7-5-16/h9,12-14,16-18H,2-8,10-11,15H2,1H3,(H,28,29)/t17-,18+/m0/s1. The number of Topliss-reactive ketones (excluding diaryl/α,β-unsaturated/α-hetero) is 1. The van der Waals surface area contributed by atoms with Crippen LogP contribution in [-0.4, -0.2) is 60.9 Å². The number of ketones is 1. The minimum Gasteiger partial charge on any atom is -0.381 e. The highest BCUT2D eigenvalue weighted by Gasteiger charge is 2.31. The minimum absolute atomic E-state index is 0.0596. The molecule has 184 valence electrons. The first kappa shape index (κ1) is 25.0. The summed E-state index contributed by atoms with van der Waals surface area (Å²) in [5, 5.41) is 3.81. The van der Waals surface area contributed by atoms with E-state index in [4.69, 9.17) is 16.3 Å². The molecule has 1 saturated carbocycles. The van der Waals surface area contributed by atoms with E-state index in [2.05, 4.69) is 20.3 Å². The quantitative estimate of drug-likeness (QED) is 0.549. The summed E-state index contributed by atoms with van der Waals surface area (Å²) in [6.07, 6.45) is 10.5. The van der Waals surface area contributed by atoms with E-state index in [1.165, 1.54) is 6.26 Å². The van der Waals surface area contributed by atoms with Crippen LogP contribution in [0.3, 0.4) is 0 Å². The Labute approximate surface area is 205 Å². The summed E-state index contributed by atoms with van der Waals surface area (Å²) in [6, 6.07) is 1.80. The van der Waals surface area contributed by atoms with Crippen molar-refractivity contribution in [2.45, 2.75) is 38.5 Å². The predicted octanol–water partition coefficient (Wildman–Crippen LogP) is 3.60. The lowest BCUT2D eigenvalue weighted by molar-refractivity contribution is -0.122. The zero-order chi connectivity index (χ0) is 24.1. The molecule has 1 N–H and O–H groups in total. The zero-order valence-electron chi connectivity index (χ0n) is 19.4. The van der Waals surface area contributed by atoms with Crippen molar-refractivity contribution in [2.24, 2.45) is 17.8 Å². The molecule has 2 aromatic heterocycles. The largest absolute Gasteiger partial charge is 0.381 e. The summed E-state index contributed by atoms with van der Waals surface area (Å²) in [7, 11) is -3.03. The summed E-state index contributed by atoms with van der Waals surface area (Å²) in [5.41, 5.74) is 1.92. The molecule has 2 aromatic rings. The number of ether oxygens (including phenoxy) is 1. The van der Waals surface area contributed by atoms with Crippen molar-refractivity contribution in [1.82, 2.24) is 15.0 Å². The molecule has 4 rings (SSSR count). The molecule has 3 heterocycles. The van der Waals surface area contributed by atoms with Crippen molar-refractivity contribution in [1.29, 1.82) is 0 Å². The fourth-order valence-electron chi connectivity index (χ4n) is 4.83. The maximum absolute atomic E-state index is 12.9. The fourth-order valence-corrected chi connectivity index (χ4v) is 6.18. The number of sulfone groups is 1. The van der Waals surface area contributed by atoms with Crippen LogP contribution in [0.2, 0.25) is 5.02 Å². The second-order valence-electron chi connectivity index (χ2n) is 9.49. The second kappa shape index (κ2) is 11.1. The number of carbonyl (C=O) groups excluding carboxylic acids is 1. The van der Waals surface area contributed by atoms with E-state index in [0.29, 0.717) is 40.1 Å². The van der Waals surface area contributed by atoms with Crippen LogP contribution in [-0.2, 0) is 25.8 Å². The Morgan fingerprint density at radius 3 is 2.71 bits per heavy atom. The first-order valence-electron chi connectivity index (χ1n) is 11.8. The van der Waals surface area contributed by atoms with Gasteiger partial charge >= 0.3 is 0 Å². The van der Waals surface area contributed by atoms with E-state index in [0.717, 1.165) is 45.4 Å². The molecule has 2 fully saturated rings. The molecule has 2 aliphatic rings. The second-order valence-corrected chi connectivity index (χ2v) is 12.1. The molecule has 0 radical (unpaired) electrons. The molecule has 0 aromatic carbocycles. The van der Waals surface area contributed by atoms with Gasteiger partial charge in [-0.1, -0.05) is 11.6 Å². The van der Waals surface area contributed by atoms with Crippen LogP contribution in [0.4, 0.5) is 5.82 Å². The predicted molar refractivity (Wildman–Crippen MR) is 132 cm³/mol. The van der Waals surface area contributed by atoms with Crippen molar-refractivity contribution in [2.75, 3.05) is 37.1 Å². The van der Waals surface area contributed by atoms with Gasteiger partial charge in [0.25, 0.3) is 0 Å². The van der Waals surface area contributed by atoms with Crippen LogP contribution < -0.4 is 5.32 Å². The Hall–Kier alpha value is -2.10. The van der Waals surface area contributed by atoms with Crippen LogP contribution >= 0.6 is 11.6 Å². The number of aromatic nitrogens is 3. The number of pyridine rings is 1. The Morgan fingerprint density at radius 1 is 1.15 bits per heavy atom. The number of carbonyl (C=O) groups is 1. The molecule has 1 aliphatic heterocycles. The number of halogens is 1. The highest BCUT2D eigenvalue weighted by Crippen LogP contribution is 2.33. The number of anilines is 1. The maximum Gasteiger partial charge on any atom is 0.147 e. The Bertz CT molecular complexity index is 1120. The van der Waals surface area contributed by atoms with Gasteiger partial charge in [-0.15, -0.1) is 0 Å². The third-order valence-corrected chi connectivity index (χ3v) is 8.00. The molecule has 0 unspecified atom stereocenters. The van der Waals surface area contributed by atoms with Crippen molar-refractivity contribution in [3.8, 4) is 11.3 Å². The lowest BCUT2D eigenvalue weighted by atomic mass is 9.97. The minimum atomic E-state index is -3.03. The smallest absolute Gasteiger partial charge is 0.147 e. The number of hydrogen-bond acceptors (Lipinski definition) is 8. The van der Waals surface area contributed by atoms with Gasteiger partial charge in [-0.05, 0) is 50.0 Å². The highest BCUT2D eigenvalue weighted by atomic mass is 35.5. The van der Waals surface area contributed by atoms with Crippen LogP contribution in [0, 0.1) is 17.8 Å². The summed E-state index contributed by atoms with van der Waals surface area (Å²) < 4.78 is 28.6. The van der Waals surface area contributed by atoms with E-state index in [1.54, 1.807) is 24.7 Å². The third kappa shape index (κ3) is 6.96. The normalized spacial score (nSPS) is 21.5. The van der Waals surface area contributed by atoms with Crippen LogP contribution in [0.25, 0.3) is 11.3 Å². The van der Waals surface area contributed by atoms with Gasteiger partial charge in [-0.2, -0.15) is 0 Å². The van der Waals surface area contributed by atoms with Gasteiger partial charge in [0.05, 0.1) is 28.9 Å². The topological polar surface area (TPSA) is 111 Å². The van der Waals surface area contributed by atoms with Gasteiger partial charge in [0.1, 0.15) is 21.4 Å². The van der Waals surface area contributed by atoms with Crippen LogP contribution in [0.1, 0.15) is 37.8 Å². The zero-order valence-corrected chi connectivity index (χ0v) is 20.9. The van der Waals surface area contributed by atoms with Crippen LogP contribution in [0.15, 0.2) is 24.7 Å². The lowest BCUT2D eigenvalue weighted by Crippen LogP contribution is -2.23. The molecule has 34 heavy (non-hydrogen) atoms. The van der Waals surface area contributed by atoms with Gasteiger partial charge in [-0.3, -0.25) is 14.8 Å². The molecule has 1 aliphatic carbocycles. The molecule has 0 amide bonds. The lowest BCUT2D eigenvalue weighted by Gasteiger charge is -2.22. The number of hydrogen-bond donors (Lipinski definition) is 1. The summed E-state index contributed by atoms with van der Waals surface area (Å²) in [4.78, 5) is 26.2. The fraction of sp³-hybridized carbons (Fsp3) is 0.583.